The molecule has 8 nitrogen and oxygen atoms in total. The summed E-state index contributed by atoms with van der Waals surface area (Å²) >= 11 is 4.64. The minimum atomic E-state index is -6.81. The van der Waals surface area contributed by atoms with Crippen LogP contribution in [0.2, 0.25) is 0 Å². The quantitative estimate of drug-likeness (QED) is 0.0352. The number of nitrogens with zero attached hydrogens (tertiary/aromatic N) is 2. The number of unbranched alkanes of at least 4 members (excludes halogenated alkanes) is 2. The molecular formula is C38H58Cl2F28N4O4S2. The molecular weight excluding hydrogens is 1240 g/mol. The smallest absolute Gasteiger partial charge is 0.431 e. The minimum absolute atomic E-state index is 0. The highest BCUT2D eigenvalue weighted by Crippen LogP contribution is 2.57. The van der Waals surface area contributed by atoms with Crippen molar-refractivity contribution in [1.29, 1.82) is 0 Å². The van der Waals surface area contributed by atoms with E-state index >= 15 is 0 Å². The van der Waals surface area contributed by atoms with Gasteiger partial charge in [-0.05, 0) is 51.7 Å². The Kier molecular flexibility index (Phi) is 32.1. The Balaban J connectivity index is -0.000000672. The molecule has 0 aromatic carbocycles. The lowest BCUT2D eigenvalue weighted by molar-refractivity contribution is -0.870. The molecule has 0 saturated heterocycles. The third kappa shape index (κ3) is 26.3. The van der Waals surface area contributed by atoms with Gasteiger partial charge in [0.25, 0.3) is 22.7 Å². The van der Waals surface area contributed by atoms with Crippen LogP contribution in [0.4, 0.5) is 123 Å². The van der Waals surface area contributed by atoms with E-state index in [1.165, 1.54) is 6.38 Å². The van der Waals surface area contributed by atoms with Crippen molar-refractivity contribution in [3.8, 4) is 0 Å². The van der Waals surface area contributed by atoms with Gasteiger partial charge in [-0.2, -0.15) is 105 Å². The average molecular weight is 1300 g/mol. The van der Waals surface area contributed by atoms with Crippen molar-refractivity contribution < 1.29 is 157 Å². The molecule has 0 saturated carbocycles. The molecule has 0 aromatic rings. The van der Waals surface area contributed by atoms with E-state index in [4.69, 9.17) is 0 Å². The molecule has 78 heavy (non-hydrogen) atoms. The number of nitrogens with one attached hydrogen (secondary N) is 2. The topological polar surface area (TPSA) is 95.6 Å². The molecule has 0 bridgehead atoms. The lowest BCUT2D eigenvalue weighted by Crippen LogP contribution is -3.00. The van der Waals surface area contributed by atoms with E-state index in [9.17, 15) is 140 Å². The first-order valence-electron chi connectivity index (χ1n) is 21.8. The molecule has 0 aromatic heterocycles. The summed E-state index contributed by atoms with van der Waals surface area (Å²) in [5.41, 5.74) is -25.0. The molecule has 0 atom stereocenters. The lowest BCUT2D eigenvalue weighted by Gasteiger charge is -2.37. The van der Waals surface area contributed by atoms with Crippen LogP contribution in [0.15, 0.2) is 0 Å². The number of quaternary nitrogens is 1. The Labute approximate surface area is 442 Å². The van der Waals surface area contributed by atoms with Crippen LogP contribution in [0, 0.1) is 11.8 Å². The Hall–Kier alpha value is -1.64. The van der Waals surface area contributed by atoms with E-state index in [1.807, 2.05) is 0 Å². The van der Waals surface area contributed by atoms with E-state index in [-0.39, 0.29) is 25.5 Å². The molecule has 0 amide bonds. The van der Waals surface area contributed by atoms with Crippen LogP contribution in [-0.2, 0) is 20.0 Å². The zero-order valence-electron chi connectivity index (χ0n) is 41.6. The van der Waals surface area contributed by atoms with Gasteiger partial charge in [0, 0.05) is 51.6 Å². The Morgan fingerprint density at radius 3 is 0.808 bits per heavy atom. The van der Waals surface area contributed by atoms with Crippen molar-refractivity contribution in [3.63, 3.8) is 0 Å². The fourth-order valence-electron chi connectivity index (χ4n) is 6.71. The summed E-state index contributed by atoms with van der Waals surface area (Å²) in [6.45, 7) is 0.837. The number of hydrogen-bond acceptors (Lipinski definition) is 5. The van der Waals surface area contributed by atoms with E-state index in [1.54, 1.807) is 40.1 Å². The van der Waals surface area contributed by atoms with Gasteiger partial charge in [-0.1, -0.05) is 25.7 Å². The predicted molar refractivity (Wildman–Crippen MR) is 223 cm³/mol. The summed E-state index contributed by atoms with van der Waals surface area (Å²) in [6.07, 6.45) is -70.0. The van der Waals surface area contributed by atoms with Crippen molar-refractivity contribution in [2.75, 3.05) is 79.3 Å². The zero-order chi connectivity index (χ0) is 62.4. The molecule has 0 aliphatic rings. The molecule has 40 heteroatoms. The van der Waals surface area contributed by atoms with Crippen LogP contribution in [-0.4, -0.2) is 178 Å². The molecule has 0 radical (unpaired) electrons. The highest BCUT2D eigenvalue weighted by molar-refractivity contribution is 7.89. The summed E-state index contributed by atoms with van der Waals surface area (Å²) in [5.74, 6) is -7.86. The average Bonchev–Trinajstić information content (AvgIpc) is 3.18. The summed E-state index contributed by atoms with van der Waals surface area (Å²) in [5, 5.41) is 0. The first-order valence-corrected chi connectivity index (χ1v) is 25.8. The van der Waals surface area contributed by atoms with E-state index < -0.39 is 180 Å². The lowest BCUT2D eigenvalue weighted by atomic mass is 9.80. The van der Waals surface area contributed by atoms with Gasteiger partial charge in [-0.15, -0.1) is 11.6 Å². The Bertz CT molecular complexity index is 1800. The molecule has 0 fully saturated rings. The molecule has 0 unspecified atom stereocenters. The van der Waals surface area contributed by atoms with E-state index in [2.05, 4.69) is 21.0 Å². The van der Waals surface area contributed by atoms with Gasteiger partial charge >= 0.3 is 49.4 Å². The molecule has 0 heterocycles. The number of alkyl halides is 29. The fraction of sp³-hybridized carbons (Fsp3) is 1.00. The van der Waals surface area contributed by atoms with Gasteiger partial charge in [0.05, 0.1) is 39.2 Å². The fourth-order valence-corrected chi connectivity index (χ4v) is 9.08. The van der Waals surface area contributed by atoms with Gasteiger partial charge in [-0.25, -0.2) is 43.8 Å². The van der Waals surface area contributed by atoms with Crippen LogP contribution >= 0.6 is 11.6 Å². The van der Waals surface area contributed by atoms with Crippen molar-refractivity contribution in [2.24, 2.45) is 11.8 Å². The maximum atomic E-state index is 14.1. The van der Waals surface area contributed by atoms with Crippen molar-refractivity contribution >= 4 is 31.6 Å². The van der Waals surface area contributed by atoms with E-state index in [0.717, 1.165) is 0 Å². The van der Waals surface area contributed by atoms with Crippen LogP contribution < -0.4 is 21.9 Å². The number of sulfonamides is 2. The highest BCUT2D eigenvalue weighted by atomic mass is 35.5. The van der Waals surface area contributed by atoms with Gasteiger partial charge in [0.15, 0.2) is 0 Å². The zero-order valence-corrected chi connectivity index (χ0v) is 44.7. The normalized spacial score (nSPS) is 14.8. The standard InChI is InChI=1S/C19H29F14N2O2S.C18H26F14N2O2S.CH3Cl.ClH/c1-35(2,3)9-6-8-34-38(36,37)10-5-4-7-13(11-14(20,16(22,23)24)17(25,26)27)12-15(21,18(28,29)30)19(31,32)33;1-34(2)8-5-7-33-37(35,36)9-4-3-6-12(10-13(19,15(21,22)23)16(24,25)26)11-14(20,17(27,28)29)18(30,31)32;1-2;/h13,34H,4-12H2,1-3H3;12,33H,3-11H2,1-2H3;1H3;1H/q+1;;;/p-1. The Morgan fingerprint density at radius 2 is 0.615 bits per heavy atom. The monoisotopic (exact) mass is 1300 g/mol. The number of hydrogen-bond donors (Lipinski definition) is 2. The summed E-state index contributed by atoms with van der Waals surface area (Å²) in [4.78, 5) is 1.70. The van der Waals surface area contributed by atoms with Gasteiger partial charge in [0.1, 0.15) is 0 Å². The van der Waals surface area contributed by atoms with Crippen LogP contribution in [0.5, 0.6) is 0 Å². The minimum Gasteiger partial charge on any atom is -1.00 e. The second-order valence-corrected chi connectivity index (χ2v) is 22.5. The number of halogens is 30. The molecule has 476 valence electrons. The van der Waals surface area contributed by atoms with Crippen molar-refractivity contribution in [2.45, 2.75) is 149 Å². The third-order valence-electron chi connectivity index (χ3n) is 10.9. The summed E-state index contributed by atoms with van der Waals surface area (Å²) in [7, 11) is 0.606. The first-order chi connectivity index (χ1) is 33.7. The Morgan fingerprint density at radius 1 is 0.397 bits per heavy atom. The van der Waals surface area contributed by atoms with Gasteiger partial charge in [-0.3, -0.25) is 0 Å². The SMILES string of the molecule is CCl.CN(C)CCCNS(=O)(=O)CCCCC(CC(F)(C(F)(F)F)C(F)(F)F)CC(F)(C(F)(F)F)C(F)(F)F.C[N+](C)(C)CCCNS(=O)(=O)CCCCC(CC(F)(C(F)(F)F)C(F)(F)F)CC(F)(C(F)(F)F)C(F)(F)F.[Cl-]. The van der Waals surface area contributed by atoms with Crippen LogP contribution in [0.3, 0.4) is 0 Å². The predicted octanol–water partition coefficient (Wildman–Crippen LogP) is 10.2. The van der Waals surface area contributed by atoms with Gasteiger partial charge < -0.3 is 21.8 Å². The molecule has 0 aliphatic carbocycles. The third-order valence-corrected chi connectivity index (χ3v) is 13.8. The molecule has 0 rings (SSSR count). The van der Waals surface area contributed by atoms with Crippen molar-refractivity contribution in [1.82, 2.24) is 14.3 Å². The van der Waals surface area contributed by atoms with Crippen LogP contribution in [0.1, 0.15) is 77.0 Å². The largest absolute Gasteiger partial charge is 1.00 e. The maximum Gasteiger partial charge on any atom is 0.431 e. The summed E-state index contributed by atoms with van der Waals surface area (Å²) < 4.78 is 418. The molecule has 0 aliphatic heterocycles. The van der Waals surface area contributed by atoms with Gasteiger partial charge in [0.2, 0.25) is 20.0 Å². The van der Waals surface area contributed by atoms with E-state index in [0.29, 0.717) is 30.4 Å². The summed E-state index contributed by atoms with van der Waals surface area (Å²) in [6, 6.07) is 0. The molecule has 0 spiro atoms. The highest BCUT2D eigenvalue weighted by Gasteiger charge is 2.77. The second kappa shape index (κ2) is 30.3. The second-order valence-electron chi connectivity index (χ2n) is 18.7. The number of rotatable bonds is 28. The maximum absolute atomic E-state index is 14.1. The van der Waals surface area contributed by atoms with Crippen molar-refractivity contribution in [3.05, 3.63) is 0 Å². The first kappa shape index (κ1) is 82.8. The molecule has 2 N–H and O–H groups in total. The van der Waals surface area contributed by atoms with Crippen LogP contribution in [0.25, 0.3) is 0 Å².